The Morgan fingerprint density at radius 3 is 2.71 bits per heavy atom. The van der Waals surface area contributed by atoms with Gasteiger partial charge in [-0.2, -0.15) is 5.26 Å². The molecule has 0 aliphatic carbocycles. The molecular formula is C12H11NO. The van der Waals surface area contributed by atoms with Crippen molar-refractivity contribution >= 4 is 5.57 Å². The van der Waals surface area contributed by atoms with Crippen molar-refractivity contribution in [3.8, 4) is 11.8 Å². The molecule has 0 aromatic heterocycles. The topological polar surface area (TPSA) is 33.0 Å². The lowest BCUT2D eigenvalue weighted by molar-refractivity contribution is 0.158. The molecule has 0 saturated heterocycles. The standard InChI is InChI=1S/C12H11NO/c1-12(2)7-9(8-13)10-5-3-4-6-11(10)14-12/h3-7H,1-2H3. The monoisotopic (exact) mass is 185 g/mol. The molecule has 0 atom stereocenters. The Morgan fingerprint density at radius 2 is 2.00 bits per heavy atom. The smallest absolute Gasteiger partial charge is 0.129 e. The Morgan fingerprint density at radius 1 is 1.29 bits per heavy atom. The van der Waals surface area contributed by atoms with Gasteiger partial charge in [0.2, 0.25) is 0 Å². The Hall–Kier alpha value is -1.75. The number of allylic oxidation sites excluding steroid dienone is 1. The van der Waals surface area contributed by atoms with E-state index in [9.17, 15) is 0 Å². The highest BCUT2D eigenvalue weighted by Gasteiger charge is 2.25. The third kappa shape index (κ3) is 1.38. The van der Waals surface area contributed by atoms with Gasteiger partial charge < -0.3 is 4.74 Å². The summed E-state index contributed by atoms with van der Waals surface area (Å²) in [7, 11) is 0. The molecule has 1 aliphatic rings. The molecule has 2 rings (SSSR count). The van der Waals surface area contributed by atoms with E-state index in [4.69, 9.17) is 10.00 Å². The first-order chi connectivity index (χ1) is 6.62. The fourth-order valence-corrected chi connectivity index (χ4v) is 1.61. The van der Waals surface area contributed by atoms with Crippen LogP contribution in [-0.2, 0) is 0 Å². The molecule has 14 heavy (non-hydrogen) atoms. The fraction of sp³-hybridized carbons (Fsp3) is 0.250. The van der Waals surface area contributed by atoms with Crippen LogP contribution in [0.15, 0.2) is 30.3 Å². The first-order valence-electron chi connectivity index (χ1n) is 4.54. The van der Waals surface area contributed by atoms with Crippen molar-refractivity contribution in [2.24, 2.45) is 0 Å². The molecule has 1 heterocycles. The fourth-order valence-electron chi connectivity index (χ4n) is 1.61. The molecule has 2 nitrogen and oxygen atoms in total. The maximum Gasteiger partial charge on any atom is 0.129 e. The molecular weight excluding hydrogens is 174 g/mol. The predicted molar refractivity (Wildman–Crippen MR) is 54.7 cm³/mol. The number of benzene rings is 1. The van der Waals surface area contributed by atoms with E-state index in [1.807, 2.05) is 44.2 Å². The van der Waals surface area contributed by atoms with Gasteiger partial charge in [0, 0.05) is 5.56 Å². The number of fused-ring (bicyclic) bond motifs is 1. The minimum atomic E-state index is -0.389. The van der Waals surface area contributed by atoms with Gasteiger partial charge in [0.05, 0.1) is 11.6 Å². The average molecular weight is 185 g/mol. The molecule has 0 fully saturated rings. The van der Waals surface area contributed by atoms with Crippen LogP contribution >= 0.6 is 0 Å². The van der Waals surface area contributed by atoms with Gasteiger partial charge >= 0.3 is 0 Å². The SMILES string of the molecule is CC1(C)C=C(C#N)c2ccccc2O1. The van der Waals surface area contributed by atoms with Gasteiger partial charge in [-0.05, 0) is 32.1 Å². The molecule has 2 heteroatoms. The van der Waals surface area contributed by atoms with Crippen molar-refractivity contribution < 1.29 is 4.74 Å². The normalized spacial score (nSPS) is 17.4. The lowest BCUT2D eigenvalue weighted by Crippen LogP contribution is -2.28. The second-order valence-electron chi connectivity index (χ2n) is 3.87. The summed E-state index contributed by atoms with van der Waals surface area (Å²) < 4.78 is 5.72. The van der Waals surface area contributed by atoms with E-state index < -0.39 is 0 Å². The van der Waals surface area contributed by atoms with Crippen molar-refractivity contribution in [3.63, 3.8) is 0 Å². The number of nitrogens with zero attached hydrogens (tertiary/aromatic N) is 1. The van der Waals surface area contributed by atoms with E-state index in [0.717, 1.165) is 11.3 Å². The van der Waals surface area contributed by atoms with E-state index in [1.165, 1.54) is 0 Å². The van der Waals surface area contributed by atoms with Gasteiger partial charge in [0.15, 0.2) is 0 Å². The minimum absolute atomic E-state index is 0.389. The summed E-state index contributed by atoms with van der Waals surface area (Å²) in [6.45, 7) is 3.89. The van der Waals surface area contributed by atoms with Crippen molar-refractivity contribution in [3.05, 3.63) is 35.9 Å². The summed E-state index contributed by atoms with van der Waals surface area (Å²) >= 11 is 0. The highest BCUT2D eigenvalue weighted by atomic mass is 16.5. The Kier molecular flexibility index (Phi) is 1.82. The summed E-state index contributed by atoms with van der Waals surface area (Å²) in [6, 6.07) is 9.81. The number of para-hydroxylation sites is 1. The molecule has 1 aromatic rings. The molecule has 0 radical (unpaired) electrons. The second-order valence-corrected chi connectivity index (χ2v) is 3.87. The number of rotatable bonds is 0. The number of ether oxygens (including phenoxy) is 1. The summed E-state index contributed by atoms with van der Waals surface area (Å²) in [5.74, 6) is 0.788. The van der Waals surface area contributed by atoms with Gasteiger partial charge in [-0.3, -0.25) is 0 Å². The van der Waals surface area contributed by atoms with Crippen LogP contribution in [0.3, 0.4) is 0 Å². The van der Waals surface area contributed by atoms with E-state index >= 15 is 0 Å². The molecule has 0 spiro atoms. The second kappa shape index (κ2) is 2.88. The zero-order valence-electron chi connectivity index (χ0n) is 8.24. The minimum Gasteiger partial charge on any atom is -0.483 e. The molecule has 0 unspecified atom stereocenters. The van der Waals surface area contributed by atoms with Gasteiger partial charge in [-0.1, -0.05) is 12.1 Å². The van der Waals surface area contributed by atoms with Gasteiger partial charge in [-0.15, -0.1) is 0 Å². The number of nitriles is 1. The van der Waals surface area contributed by atoms with Crippen molar-refractivity contribution in [1.29, 1.82) is 5.26 Å². The first kappa shape index (κ1) is 8.83. The van der Waals surface area contributed by atoms with Gasteiger partial charge in [0.25, 0.3) is 0 Å². The molecule has 0 N–H and O–H groups in total. The molecule has 1 aromatic carbocycles. The largest absolute Gasteiger partial charge is 0.483 e. The van der Waals surface area contributed by atoms with Crippen LogP contribution in [0.4, 0.5) is 0 Å². The van der Waals surface area contributed by atoms with E-state index in [0.29, 0.717) is 5.57 Å². The van der Waals surface area contributed by atoms with Crippen LogP contribution in [0, 0.1) is 11.3 Å². The molecule has 0 bridgehead atoms. The van der Waals surface area contributed by atoms with Gasteiger partial charge in [0.1, 0.15) is 11.4 Å². The summed E-state index contributed by atoms with van der Waals surface area (Å²) in [4.78, 5) is 0. The number of hydrogen-bond acceptors (Lipinski definition) is 2. The lowest BCUT2D eigenvalue weighted by Gasteiger charge is -2.29. The lowest BCUT2D eigenvalue weighted by atomic mass is 9.96. The van der Waals surface area contributed by atoms with Crippen molar-refractivity contribution in [2.75, 3.05) is 0 Å². The summed E-state index contributed by atoms with van der Waals surface area (Å²) in [6.07, 6.45) is 1.86. The highest BCUT2D eigenvalue weighted by Crippen LogP contribution is 2.35. The van der Waals surface area contributed by atoms with E-state index in [1.54, 1.807) is 0 Å². The zero-order valence-corrected chi connectivity index (χ0v) is 8.24. The van der Waals surface area contributed by atoms with E-state index in [2.05, 4.69) is 6.07 Å². The maximum absolute atomic E-state index is 9.00. The third-order valence-corrected chi connectivity index (χ3v) is 2.16. The van der Waals surface area contributed by atoms with Crippen LogP contribution in [0.2, 0.25) is 0 Å². The molecule has 0 saturated carbocycles. The van der Waals surface area contributed by atoms with Crippen LogP contribution in [0.25, 0.3) is 5.57 Å². The quantitative estimate of drug-likeness (QED) is 0.622. The average Bonchev–Trinajstić information content (AvgIpc) is 2.15. The zero-order chi connectivity index (χ0) is 10.2. The van der Waals surface area contributed by atoms with Crippen LogP contribution in [0.5, 0.6) is 5.75 Å². The highest BCUT2D eigenvalue weighted by molar-refractivity contribution is 5.82. The summed E-state index contributed by atoms with van der Waals surface area (Å²) in [5.41, 5.74) is 1.19. The Labute approximate surface area is 83.4 Å². The summed E-state index contributed by atoms with van der Waals surface area (Å²) in [5, 5.41) is 9.00. The molecule has 0 amide bonds. The van der Waals surface area contributed by atoms with Crippen LogP contribution in [0.1, 0.15) is 19.4 Å². The van der Waals surface area contributed by atoms with Crippen LogP contribution in [-0.4, -0.2) is 5.60 Å². The number of hydrogen-bond donors (Lipinski definition) is 0. The van der Waals surface area contributed by atoms with E-state index in [-0.39, 0.29) is 5.60 Å². The van der Waals surface area contributed by atoms with Crippen LogP contribution < -0.4 is 4.74 Å². The predicted octanol–water partition coefficient (Wildman–Crippen LogP) is 2.76. The van der Waals surface area contributed by atoms with Crippen molar-refractivity contribution in [2.45, 2.75) is 19.4 Å². The van der Waals surface area contributed by atoms with Crippen molar-refractivity contribution in [1.82, 2.24) is 0 Å². The Bertz CT molecular complexity index is 438. The maximum atomic E-state index is 9.00. The van der Waals surface area contributed by atoms with Gasteiger partial charge in [-0.25, -0.2) is 0 Å². The Balaban J connectivity index is 2.60. The first-order valence-corrected chi connectivity index (χ1v) is 4.54. The molecule has 70 valence electrons. The third-order valence-electron chi connectivity index (χ3n) is 2.16. The molecule has 1 aliphatic heterocycles.